The Morgan fingerprint density at radius 1 is 1.07 bits per heavy atom. The summed E-state index contributed by atoms with van der Waals surface area (Å²) < 4.78 is 11.7. The van der Waals surface area contributed by atoms with Crippen LogP contribution in [0.25, 0.3) is 6.08 Å². The molecule has 0 aromatic heterocycles. The lowest BCUT2D eigenvalue weighted by Gasteiger charge is -2.28. The van der Waals surface area contributed by atoms with Crippen molar-refractivity contribution in [1.82, 2.24) is 5.32 Å². The molecule has 0 unspecified atom stereocenters. The molecule has 1 saturated heterocycles. The lowest BCUT2D eigenvalue weighted by atomic mass is 10.1. The molecule has 11 heteroatoms. The average Bonchev–Trinajstić information content (AvgIpc) is 2.69. The Balaban J connectivity index is 2.15. The number of benzene rings is 2. The van der Waals surface area contributed by atoms with Crippen LogP contribution in [0.4, 0.5) is 10.5 Å². The van der Waals surface area contributed by atoms with E-state index in [0.29, 0.717) is 3.57 Å². The Bertz CT molecular complexity index is 1120. The molecule has 2 aromatic carbocycles. The summed E-state index contributed by atoms with van der Waals surface area (Å²) in [5.74, 6) is -1.52. The monoisotopic (exact) mass is 654 g/mol. The second-order valence-electron chi connectivity index (χ2n) is 5.94. The number of ether oxygens (including phenoxy) is 2. The molecule has 8 nitrogen and oxygen atoms in total. The standard InChI is InChI=1S/C19H13ClI2N2O6/c1-29-14-7-13(15(30-2)6-11(14)20)24-18(27)10(17(26)23-19(24)28)4-8-3-9(21)5-12(22)16(8)25/h3-7,25H,1-2H3,(H,23,26,28)/b10-4+. The molecular formula is C19H13ClI2N2O6. The van der Waals surface area contributed by atoms with E-state index < -0.39 is 17.8 Å². The van der Waals surface area contributed by atoms with E-state index >= 15 is 0 Å². The van der Waals surface area contributed by atoms with Gasteiger partial charge in [-0.05, 0) is 63.4 Å². The molecule has 0 saturated carbocycles. The van der Waals surface area contributed by atoms with Gasteiger partial charge in [-0.3, -0.25) is 14.9 Å². The van der Waals surface area contributed by atoms with Crippen LogP contribution in [0.2, 0.25) is 5.02 Å². The number of phenols is 1. The van der Waals surface area contributed by atoms with Crippen LogP contribution in [0, 0.1) is 7.14 Å². The van der Waals surface area contributed by atoms with Crippen molar-refractivity contribution in [3.63, 3.8) is 0 Å². The molecule has 1 fully saturated rings. The van der Waals surface area contributed by atoms with Gasteiger partial charge in [-0.2, -0.15) is 0 Å². The summed E-state index contributed by atoms with van der Waals surface area (Å²) >= 11 is 10.1. The number of hydrogen-bond acceptors (Lipinski definition) is 6. The summed E-state index contributed by atoms with van der Waals surface area (Å²) in [6.07, 6.45) is 1.23. The number of nitrogens with one attached hydrogen (secondary N) is 1. The predicted octanol–water partition coefficient (Wildman–Crippen LogP) is 3.94. The Hall–Kier alpha value is -2.06. The third-order valence-corrected chi connectivity index (χ3v) is 5.89. The molecule has 0 atom stereocenters. The summed E-state index contributed by atoms with van der Waals surface area (Å²) in [5.41, 5.74) is -0.0282. The van der Waals surface area contributed by atoms with Crippen molar-refractivity contribution >= 4 is 86.4 Å². The first-order chi connectivity index (χ1) is 14.2. The van der Waals surface area contributed by atoms with Crippen LogP contribution in [0.1, 0.15) is 5.56 Å². The van der Waals surface area contributed by atoms with Gasteiger partial charge >= 0.3 is 6.03 Å². The molecule has 0 spiro atoms. The molecule has 1 aliphatic heterocycles. The highest BCUT2D eigenvalue weighted by molar-refractivity contribution is 14.1. The summed E-state index contributed by atoms with van der Waals surface area (Å²) in [6, 6.07) is 5.15. The van der Waals surface area contributed by atoms with Gasteiger partial charge in [0.2, 0.25) is 0 Å². The van der Waals surface area contributed by atoms with E-state index in [4.69, 9.17) is 21.1 Å². The van der Waals surface area contributed by atoms with Crippen molar-refractivity contribution in [1.29, 1.82) is 0 Å². The summed E-state index contributed by atoms with van der Waals surface area (Å²) in [7, 11) is 2.73. The summed E-state index contributed by atoms with van der Waals surface area (Å²) in [5, 5.41) is 12.7. The molecular weight excluding hydrogens is 641 g/mol. The van der Waals surface area contributed by atoms with Gasteiger partial charge in [0.25, 0.3) is 11.8 Å². The van der Waals surface area contributed by atoms with E-state index in [0.717, 1.165) is 8.47 Å². The number of amides is 4. The van der Waals surface area contributed by atoms with Crippen LogP contribution in [-0.4, -0.2) is 37.2 Å². The minimum atomic E-state index is -0.953. The number of carbonyl (C=O) groups is 3. The fraction of sp³-hybridized carbons (Fsp3) is 0.105. The number of aromatic hydroxyl groups is 1. The van der Waals surface area contributed by atoms with Crippen molar-refractivity contribution in [2.24, 2.45) is 0 Å². The molecule has 0 radical (unpaired) electrons. The van der Waals surface area contributed by atoms with Gasteiger partial charge in [0.05, 0.1) is 28.5 Å². The normalized spacial score (nSPS) is 15.4. The second kappa shape index (κ2) is 8.98. The van der Waals surface area contributed by atoms with Gasteiger partial charge in [0, 0.05) is 21.3 Å². The lowest BCUT2D eigenvalue weighted by molar-refractivity contribution is -0.122. The van der Waals surface area contributed by atoms with Crippen molar-refractivity contribution in [3.05, 3.63) is 47.6 Å². The zero-order chi connectivity index (χ0) is 22.2. The average molecular weight is 655 g/mol. The molecule has 3 rings (SSSR count). The van der Waals surface area contributed by atoms with E-state index in [2.05, 4.69) is 27.9 Å². The van der Waals surface area contributed by atoms with Crippen LogP contribution >= 0.6 is 56.8 Å². The van der Waals surface area contributed by atoms with Gasteiger partial charge in [0.1, 0.15) is 22.8 Å². The topological polar surface area (TPSA) is 105 Å². The minimum absolute atomic E-state index is 0.0427. The molecule has 1 heterocycles. The maximum absolute atomic E-state index is 13.1. The van der Waals surface area contributed by atoms with Crippen LogP contribution in [-0.2, 0) is 9.59 Å². The van der Waals surface area contributed by atoms with Gasteiger partial charge in [-0.15, -0.1) is 0 Å². The van der Waals surface area contributed by atoms with Crippen LogP contribution in [0.5, 0.6) is 17.2 Å². The number of halogens is 3. The molecule has 0 aliphatic carbocycles. The molecule has 30 heavy (non-hydrogen) atoms. The number of barbiturate groups is 1. The number of methoxy groups -OCH3 is 2. The number of urea groups is 1. The SMILES string of the molecule is COc1cc(N2C(=O)NC(=O)/C(=C\c3cc(I)cc(I)c3O)C2=O)c(OC)cc1Cl. The van der Waals surface area contributed by atoms with Crippen molar-refractivity contribution < 1.29 is 29.0 Å². The molecule has 2 aromatic rings. The number of rotatable bonds is 4. The highest BCUT2D eigenvalue weighted by Gasteiger charge is 2.38. The summed E-state index contributed by atoms with van der Waals surface area (Å²) in [4.78, 5) is 38.8. The number of anilines is 1. The maximum Gasteiger partial charge on any atom is 0.336 e. The highest BCUT2D eigenvalue weighted by atomic mass is 127. The first kappa shape index (κ1) is 22.6. The molecule has 4 amide bonds. The minimum Gasteiger partial charge on any atom is -0.506 e. The molecule has 0 bridgehead atoms. The lowest BCUT2D eigenvalue weighted by Crippen LogP contribution is -2.54. The molecule has 2 N–H and O–H groups in total. The number of carbonyl (C=O) groups excluding carboxylic acids is 3. The van der Waals surface area contributed by atoms with E-state index in [-0.39, 0.29) is 39.1 Å². The second-order valence-corrected chi connectivity index (χ2v) is 8.76. The molecule has 156 valence electrons. The largest absolute Gasteiger partial charge is 0.506 e. The zero-order valence-corrected chi connectivity index (χ0v) is 20.5. The highest BCUT2D eigenvalue weighted by Crippen LogP contribution is 2.39. The van der Waals surface area contributed by atoms with Crippen LogP contribution < -0.4 is 19.7 Å². The number of imide groups is 2. The zero-order valence-electron chi connectivity index (χ0n) is 15.5. The van der Waals surface area contributed by atoms with Crippen molar-refractivity contribution in [2.75, 3.05) is 19.1 Å². The molecule has 1 aliphatic rings. The van der Waals surface area contributed by atoms with Gasteiger partial charge in [-0.25, -0.2) is 9.69 Å². The van der Waals surface area contributed by atoms with E-state index in [1.165, 1.54) is 32.4 Å². The Kier molecular flexibility index (Phi) is 6.77. The fourth-order valence-electron chi connectivity index (χ4n) is 2.75. The fourth-order valence-corrected chi connectivity index (χ4v) is 4.87. The Morgan fingerprint density at radius 3 is 2.37 bits per heavy atom. The van der Waals surface area contributed by atoms with Crippen molar-refractivity contribution in [3.8, 4) is 17.2 Å². The summed E-state index contributed by atoms with van der Waals surface area (Å²) in [6.45, 7) is 0. The predicted molar refractivity (Wildman–Crippen MR) is 127 cm³/mol. The van der Waals surface area contributed by atoms with Crippen LogP contribution in [0.15, 0.2) is 29.8 Å². The quantitative estimate of drug-likeness (QED) is 0.294. The Morgan fingerprint density at radius 2 is 1.73 bits per heavy atom. The first-order valence-electron chi connectivity index (χ1n) is 8.19. The Labute approximate surface area is 203 Å². The van der Waals surface area contributed by atoms with Crippen LogP contribution in [0.3, 0.4) is 0 Å². The first-order valence-corrected chi connectivity index (χ1v) is 10.7. The van der Waals surface area contributed by atoms with E-state index in [1.54, 1.807) is 12.1 Å². The third-order valence-electron chi connectivity index (χ3n) is 4.15. The van der Waals surface area contributed by atoms with Gasteiger partial charge < -0.3 is 14.6 Å². The van der Waals surface area contributed by atoms with Gasteiger partial charge in [-0.1, -0.05) is 11.6 Å². The smallest absolute Gasteiger partial charge is 0.336 e. The maximum atomic E-state index is 13.1. The number of phenolic OH excluding ortho intramolecular Hbond substituents is 1. The third kappa shape index (κ3) is 4.21. The number of nitrogens with zero attached hydrogens (tertiary/aromatic N) is 1. The number of hydrogen-bond donors (Lipinski definition) is 2. The van der Waals surface area contributed by atoms with E-state index in [9.17, 15) is 19.5 Å². The van der Waals surface area contributed by atoms with E-state index in [1.807, 2.05) is 22.6 Å². The van der Waals surface area contributed by atoms with Gasteiger partial charge in [0.15, 0.2) is 0 Å². The van der Waals surface area contributed by atoms with Crippen molar-refractivity contribution in [2.45, 2.75) is 0 Å².